The Kier molecular flexibility index (Phi) is 56.0. The zero-order chi connectivity index (χ0) is 104. The molecule has 19 amide bonds. The van der Waals surface area contributed by atoms with Gasteiger partial charge in [-0.05, 0) is 180 Å². The number of aliphatic hydroxyl groups excluding tert-OH is 4. The molecule has 2 rings (SSSR count). The molecule has 0 aromatic heterocycles. The van der Waals surface area contributed by atoms with Gasteiger partial charge >= 0.3 is 11.9 Å². The van der Waals surface area contributed by atoms with Crippen molar-refractivity contribution >= 4 is 124 Å². The number of carbonyl (C=O) groups excluding carboxylic acids is 19. The maximum absolute atomic E-state index is 14.7. The molecule has 0 unspecified atom stereocenters. The number of carboxylic acids is 2. The maximum atomic E-state index is 14.7. The fraction of sp³-hybridized carbons (Fsp3) is 0.616. The molecule has 0 saturated heterocycles. The lowest BCUT2D eigenvalue weighted by atomic mass is 10.0. The van der Waals surface area contributed by atoms with Gasteiger partial charge in [0.05, 0.1) is 50.8 Å². The number of aliphatic hydroxyl groups is 4. The van der Waals surface area contributed by atoms with Gasteiger partial charge in [0.25, 0.3) is 0 Å². The Morgan fingerprint density at radius 3 is 1.08 bits per heavy atom. The number of aromatic hydroxyl groups is 1. The van der Waals surface area contributed by atoms with E-state index in [-0.39, 0.29) is 122 Å². The van der Waals surface area contributed by atoms with Crippen LogP contribution in [0.15, 0.2) is 54.6 Å². The van der Waals surface area contributed by atoms with E-state index in [1.54, 1.807) is 44.2 Å². The van der Waals surface area contributed by atoms with Crippen LogP contribution in [0.2, 0.25) is 0 Å². The zero-order valence-electron chi connectivity index (χ0n) is 78.4. The summed E-state index contributed by atoms with van der Waals surface area (Å²) in [6, 6.07) is -14.3. The first-order chi connectivity index (χ1) is 65.0. The number of carboxylic acid groups (broad SMARTS) is 2. The molecule has 19 atom stereocenters. The highest BCUT2D eigenvalue weighted by atomic mass is 16.4. The first-order valence-electron chi connectivity index (χ1n) is 45.1. The number of nitrogens with two attached hydrogens (primary N) is 7. The molecule has 52 heteroatoms. The second-order valence-electron chi connectivity index (χ2n) is 33.5. The Balaban J connectivity index is 2.36. The molecular formula is C86H140N24O28. The van der Waals surface area contributed by atoms with Crippen LogP contribution < -0.4 is 131 Å². The second kappa shape index (κ2) is 64.0. The lowest BCUT2D eigenvalue weighted by Gasteiger charge is -2.29. The van der Waals surface area contributed by atoms with Gasteiger partial charge in [-0.3, -0.25) is 95.9 Å². The smallest absolute Gasteiger partial charge is 0.328 e. The predicted octanol–water partition coefficient (Wildman–Crippen LogP) is -11.6. The molecule has 2 aromatic rings. The van der Waals surface area contributed by atoms with Crippen LogP contribution in [-0.2, 0) is 114 Å². The van der Waals surface area contributed by atoms with Crippen molar-refractivity contribution in [3.63, 3.8) is 0 Å². The lowest BCUT2D eigenvalue weighted by molar-refractivity contribution is -0.143. The van der Waals surface area contributed by atoms with Crippen molar-refractivity contribution in [2.75, 3.05) is 45.9 Å². The number of nitrogens with one attached hydrogen (secondary N) is 17. The van der Waals surface area contributed by atoms with E-state index in [1.807, 2.05) is 5.32 Å². The number of phenols is 1. The van der Waals surface area contributed by atoms with Gasteiger partial charge in [0, 0.05) is 19.3 Å². The first-order valence-corrected chi connectivity index (χ1v) is 45.1. The van der Waals surface area contributed by atoms with E-state index in [0.717, 1.165) is 20.8 Å². The van der Waals surface area contributed by atoms with Crippen molar-refractivity contribution in [3.8, 4) is 5.75 Å². The summed E-state index contributed by atoms with van der Waals surface area (Å²) in [6.07, 6.45) is -5.10. The Morgan fingerprint density at radius 1 is 0.326 bits per heavy atom. The molecule has 0 heterocycles. The molecule has 0 radical (unpaired) electrons. The van der Waals surface area contributed by atoms with Crippen molar-refractivity contribution in [3.05, 3.63) is 65.7 Å². The quantitative estimate of drug-likeness (QED) is 0.0274. The van der Waals surface area contributed by atoms with Crippen LogP contribution in [0.1, 0.15) is 169 Å². The minimum Gasteiger partial charge on any atom is -0.508 e. The van der Waals surface area contributed by atoms with Gasteiger partial charge in [0.2, 0.25) is 112 Å². The van der Waals surface area contributed by atoms with E-state index in [2.05, 4.69) is 85.1 Å². The molecule has 0 fully saturated rings. The van der Waals surface area contributed by atoms with E-state index < -0.39 is 278 Å². The van der Waals surface area contributed by atoms with Gasteiger partial charge in [-0.25, -0.2) is 4.79 Å². The van der Waals surface area contributed by atoms with E-state index >= 15 is 0 Å². The SMILES string of the molecule is CC(C)C[C@H](NC(=O)[C@@H](NC(=O)[C@H](C)NC(=O)[C@H](CCCCN)NC(=O)CNC(=O)[C@H](CCCCN)NC(=O)[C@H](Cc1ccccc1)NC(=O)[C@H](CCCCN)NC(=O)[C@H](C)NC(=O)[C@H](CC(N)=O)NC(=O)[C@H](Cc1ccc(O)cc1)NC(=O)[C@@H](N)CCC(N)=O)[C@@H](C)O)C(=O)N[C@H](C(=O)N[C@@H](C)C(=O)N[C@@H](CC(=O)O)C(=O)N[C@@H](CCCCN)C(=O)N[C@@H](CO)C(=O)N[C@@H](CO)C(=O)O)[C@@H](C)O. The third-order valence-electron chi connectivity index (χ3n) is 21.1. The highest BCUT2D eigenvalue weighted by Crippen LogP contribution is 2.17. The van der Waals surface area contributed by atoms with Crippen molar-refractivity contribution in [1.29, 1.82) is 0 Å². The number of amides is 19. The number of rotatable bonds is 68. The summed E-state index contributed by atoms with van der Waals surface area (Å²) in [7, 11) is 0. The highest BCUT2D eigenvalue weighted by molar-refractivity contribution is 6.02. The molecular weight excluding hydrogens is 1820 g/mol. The Morgan fingerprint density at radius 2 is 0.652 bits per heavy atom. The number of primary amides is 2. The van der Waals surface area contributed by atoms with Crippen molar-refractivity contribution < 1.29 is 136 Å². The number of hydrogen-bond donors (Lipinski definition) is 31. The summed E-state index contributed by atoms with van der Waals surface area (Å²) < 4.78 is 0. The number of phenolic OH excluding ortho intramolecular Hbond substituents is 1. The lowest BCUT2D eigenvalue weighted by Crippen LogP contribution is -2.62. The fourth-order valence-corrected chi connectivity index (χ4v) is 13.3. The topological polar surface area (TPSA) is 887 Å². The molecule has 52 nitrogen and oxygen atoms in total. The summed E-state index contributed by atoms with van der Waals surface area (Å²) >= 11 is 0. The normalized spacial score (nSPS) is 15.3. The van der Waals surface area contributed by atoms with Crippen LogP contribution in [0.25, 0.3) is 0 Å². The summed E-state index contributed by atoms with van der Waals surface area (Å²) in [5.74, 6) is -24.1. The zero-order valence-corrected chi connectivity index (χ0v) is 78.4. The molecule has 0 bridgehead atoms. The first kappa shape index (κ1) is 121. The molecule has 772 valence electrons. The molecule has 0 aliphatic rings. The number of benzene rings is 2. The number of carbonyl (C=O) groups is 21. The van der Waals surface area contributed by atoms with Crippen LogP contribution in [0.3, 0.4) is 0 Å². The summed E-state index contributed by atoms with van der Waals surface area (Å²) in [4.78, 5) is 284. The minimum atomic E-state index is -2.00. The largest absolute Gasteiger partial charge is 0.508 e. The molecule has 0 aliphatic heterocycles. The standard InChI is InChI=1S/C86H140N24O28/c1-43(2)35-57(82(133)110-68(47(6)113)84(135)97-45(4)71(122)102-61(39-67(119)120)81(132)101-56(24-14-18-34-90)77(128)107-62(41-111)83(134)108-63(42-112)86(137)138)106-85(136)69(48(7)114)109-72(123)46(5)95-75(126)54(22-12-16-32-88)98-66(118)40-94-74(125)53(21-11-15-31-87)100-79(130)59(36-49-19-9-8-10-20-49)104-76(127)55(23-13-17-33-89)99-70(121)44(3)96-78(129)60(38-65(93)117)105-80(131)58(37-50-25-27-51(115)28-26-50)103-73(124)52(91)29-30-64(92)116/h8-10,19-20,25-28,43-48,52-63,68-69,111-115H,11-18,21-24,29-42,87-91H2,1-7H3,(H2,92,116)(H2,93,117)(H,94,125)(H,95,126)(H,96,129)(H,97,135)(H,98,118)(H,99,121)(H,100,130)(H,101,132)(H,102,122)(H,103,124)(H,104,127)(H,105,131)(H,106,136)(H,107,128)(H,108,134)(H,109,123)(H,110,133)(H,119,120)(H,137,138)/t44-,45-,46-,47+,48+,52-,53-,54-,55-,56-,57-,58-,59-,60-,61-,62-,63-,68-,69-/m0/s1. The van der Waals surface area contributed by atoms with Gasteiger partial charge in [-0.1, -0.05) is 56.3 Å². The third kappa shape index (κ3) is 46.1. The summed E-state index contributed by atoms with van der Waals surface area (Å²) in [5, 5.41) is 110. The monoisotopic (exact) mass is 1960 g/mol. The maximum Gasteiger partial charge on any atom is 0.328 e. The van der Waals surface area contributed by atoms with Gasteiger partial charge in [-0.2, -0.15) is 0 Å². The molecule has 2 aromatic carbocycles. The number of aliphatic carboxylic acids is 2. The fourth-order valence-electron chi connectivity index (χ4n) is 13.3. The Labute approximate surface area is 796 Å². The average molecular weight is 1960 g/mol. The van der Waals surface area contributed by atoms with Crippen molar-refractivity contribution in [2.24, 2.45) is 46.1 Å². The van der Waals surface area contributed by atoms with E-state index in [4.69, 9.17) is 40.1 Å². The molecule has 0 spiro atoms. The van der Waals surface area contributed by atoms with Crippen molar-refractivity contribution in [2.45, 2.75) is 285 Å². The minimum absolute atomic E-state index is 0.0893. The predicted molar refractivity (Wildman–Crippen MR) is 492 cm³/mol. The number of unbranched alkanes of at least 4 members (excludes halogenated alkanes) is 4. The summed E-state index contributed by atoms with van der Waals surface area (Å²) in [5.41, 5.74) is 40.6. The van der Waals surface area contributed by atoms with Gasteiger partial charge in [0.1, 0.15) is 102 Å². The van der Waals surface area contributed by atoms with Gasteiger partial charge < -0.3 is 166 Å². The van der Waals surface area contributed by atoms with Crippen LogP contribution in [-0.4, -0.2) is 321 Å². The molecule has 0 aliphatic carbocycles. The molecule has 0 saturated carbocycles. The second-order valence-corrected chi connectivity index (χ2v) is 33.5. The van der Waals surface area contributed by atoms with Gasteiger partial charge in [0.15, 0.2) is 0 Å². The Bertz CT molecular complexity index is 4380. The average Bonchev–Trinajstić information content (AvgIpc) is 0.827. The van der Waals surface area contributed by atoms with Crippen LogP contribution in [0.5, 0.6) is 5.75 Å². The van der Waals surface area contributed by atoms with E-state index in [1.165, 1.54) is 38.1 Å². The number of hydrogen-bond acceptors (Lipinski definition) is 31. The van der Waals surface area contributed by atoms with Crippen LogP contribution in [0.4, 0.5) is 0 Å². The van der Waals surface area contributed by atoms with Crippen LogP contribution in [0, 0.1) is 5.92 Å². The van der Waals surface area contributed by atoms with E-state index in [0.29, 0.717) is 30.4 Å². The van der Waals surface area contributed by atoms with E-state index in [9.17, 15) is 136 Å². The molecule has 38 N–H and O–H groups in total. The Hall–Kier alpha value is -13.2. The highest BCUT2D eigenvalue weighted by Gasteiger charge is 2.40. The van der Waals surface area contributed by atoms with Crippen LogP contribution >= 0.6 is 0 Å². The van der Waals surface area contributed by atoms with Crippen molar-refractivity contribution in [1.82, 2.24) is 90.4 Å². The third-order valence-corrected chi connectivity index (χ3v) is 21.1. The van der Waals surface area contributed by atoms with Gasteiger partial charge in [-0.15, -0.1) is 0 Å². The molecule has 138 heavy (non-hydrogen) atoms. The summed E-state index contributed by atoms with van der Waals surface area (Å²) in [6.45, 7) is 6.37.